The molecule has 0 amide bonds. The lowest BCUT2D eigenvalue weighted by molar-refractivity contribution is 0.824. The van der Waals surface area contributed by atoms with E-state index in [1.165, 1.54) is 20.7 Å². The summed E-state index contributed by atoms with van der Waals surface area (Å²) in [6, 6.07) is 6.24. The lowest BCUT2D eigenvalue weighted by atomic mass is 10.2. The van der Waals surface area contributed by atoms with Gasteiger partial charge in [-0.15, -0.1) is 23.1 Å². The monoisotopic (exact) mass is 303 g/mol. The molecule has 2 N–H and O–H groups in total. The first-order chi connectivity index (χ1) is 9.58. The Morgan fingerprint density at radius 2 is 2.15 bits per heavy atom. The first-order valence-electron chi connectivity index (χ1n) is 6.43. The van der Waals surface area contributed by atoms with E-state index in [1.807, 2.05) is 12.1 Å². The molecule has 0 unspecified atom stereocenters. The van der Waals surface area contributed by atoms with Crippen LogP contribution in [0.25, 0.3) is 10.9 Å². The molecule has 2 heterocycles. The Morgan fingerprint density at radius 3 is 2.80 bits per heavy atom. The van der Waals surface area contributed by atoms with Crippen molar-refractivity contribution in [3.8, 4) is 0 Å². The van der Waals surface area contributed by atoms with Crippen LogP contribution >= 0.6 is 23.1 Å². The van der Waals surface area contributed by atoms with Gasteiger partial charge in [-0.05, 0) is 38.3 Å². The second-order valence-corrected chi connectivity index (χ2v) is 6.98. The predicted molar refractivity (Wildman–Crippen MR) is 88.8 cm³/mol. The van der Waals surface area contributed by atoms with Crippen LogP contribution in [0, 0.1) is 13.8 Å². The van der Waals surface area contributed by atoms with Gasteiger partial charge in [0.2, 0.25) is 0 Å². The molecule has 0 aliphatic rings. The van der Waals surface area contributed by atoms with E-state index in [0.717, 1.165) is 22.9 Å². The van der Waals surface area contributed by atoms with Crippen molar-refractivity contribution < 1.29 is 0 Å². The molecule has 0 saturated heterocycles. The highest BCUT2D eigenvalue weighted by Crippen LogP contribution is 2.30. The van der Waals surface area contributed by atoms with Gasteiger partial charge in [-0.1, -0.05) is 0 Å². The highest BCUT2D eigenvalue weighted by molar-refractivity contribution is 7.98. The van der Waals surface area contributed by atoms with Crippen molar-refractivity contribution in [2.45, 2.75) is 25.3 Å². The van der Waals surface area contributed by atoms with Crippen LogP contribution in [0.4, 0.5) is 5.69 Å². The Morgan fingerprint density at radius 1 is 1.35 bits per heavy atom. The molecular formula is C15H17N3S2. The fraction of sp³-hybridized carbons (Fsp3) is 0.267. The van der Waals surface area contributed by atoms with Crippen LogP contribution in [0.3, 0.4) is 0 Å². The molecule has 5 heteroatoms. The number of anilines is 1. The topological polar surface area (TPSA) is 43.8 Å². The number of benzene rings is 1. The minimum atomic E-state index is 0.806. The van der Waals surface area contributed by atoms with Crippen LogP contribution in [0.5, 0.6) is 0 Å². The Labute approximate surface area is 126 Å². The lowest BCUT2D eigenvalue weighted by Crippen LogP contribution is -1.98. The summed E-state index contributed by atoms with van der Waals surface area (Å²) >= 11 is 3.50. The lowest BCUT2D eigenvalue weighted by Gasteiger charge is -2.06. The van der Waals surface area contributed by atoms with Crippen molar-refractivity contribution in [2.24, 2.45) is 0 Å². The third kappa shape index (κ3) is 2.31. The Hall–Kier alpha value is -1.46. The third-order valence-electron chi connectivity index (χ3n) is 3.47. The smallest absolute Gasteiger partial charge is 0.113 e. The van der Waals surface area contributed by atoms with Crippen molar-refractivity contribution in [2.75, 3.05) is 12.0 Å². The van der Waals surface area contributed by atoms with Gasteiger partial charge < -0.3 is 10.3 Å². The number of thioether (sulfide) groups is 1. The highest BCUT2D eigenvalue weighted by Gasteiger charge is 2.09. The predicted octanol–water partition coefficient (Wildman–Crippen LogP) is 4.07. The molecule has 0 radical (unpaired) electrons. The summed E-state index contributed by atoms with van der Waals surface area (Å²) in [7, 11) is 0. The van der Waals surface area contributed by atoms with Gasteiger partial charge in [0.15, 0.2) is 0 Å². The number of rotatable bonds is 3. The summed E-state index contributed by atoms with van der Waals surface area (Å²) in [4.78, 5) is 7.14. The van der Waals surface area contributed by atoms with Gasteiger partial charge in [-0.3, -0.25) is 0 Å². The van der Waals surface area contributed by atoms with Gasteiger partial charge >= 0.3 is 0 Å². The first kappa shape index (κ1) is 13.5. The Kier molecular flexibility index (Phi) is 3.48. The molecule has 3 nitrogen and oxygen atoms in total. The largest absolute Gasteiger partial charge is 0.399 e. The average molecular weight is 303 g/mol. The summed E-state index contributed by atoms with van der Waals surface area (Å²) in [5.74, 6) is 0. The van der Waals surface area contributed by atoms with Crippen LogP contribution in [-0.4, -0.2) is 15.8 Å². The zero-order valence-corrected chi connectivity index (χ0v) is 13.4. The molecule has 3 rings (SSSR count). The van der Waals surface area contributed by atoms with E-state index < -0.39 is 0 Å². The molecule has 2 aromatic heterocycles. The molecule has 1 aromatic carbocycles. The van der Waals surface area contributed by atoms with Crippen molar-refractivity contribution in [3.05, 3.63) is 40.0 Å². The molecule has 0 bridgehead atoms. The number of nitrogens with two attached hydrogens (primary N) is 1. The maximum atomic E-state index is 6.01. The highest BCUT2D eigenvalue weighted by atomic mass is 32.2. The molecule has 3 aromatic rings. The van der Waals surface area contributed by atoms with Crippen LogP contribution < -0.4 is 5.73 Å². The van der Waals surface area contributed by atoms with E-state index in [2.05, 4.69) is 41.9 Å². The van der Waals surface area contributed by atoms with E-state index >= 15 is 0 Å². The number of thiazole rings is 1. The van der Waals surface area contributed by atoms with Gasteiger partial charge in [0.05, 0.1) is 17.8 Å². The van der Waals surface area contributed by atoms with E-state index in [0.29, 0.717) is 0 Å². The third-order valence-corrected chi connectivity index (χ3v) is 5.31. The van der Waals surface area contributed by atoms with Crippen molar-refractivity contribution >= 4 is 39.7 Å². The SMILES string of the molecule is CSc1cc(N)cc2c1ccn2Cc1nc(C)c(C)s1. The van der Waals surface area contributed by atoms with Crippen LogP contribution in [-0.2, 0) is 6.54 Å². The number of aryl methyl sites for hydroxylation is 2. The van der Waals surface area contributed by atoms with E-state index in [1.54, 1.807) is 23.1 Å². The molecule has 0 aliphatic carbocycles. The molecule has 0 aliphatic heterocycles. The molecule has 104 valence electrons. The summed E-state index contributed by atoms with van der Waals surface area (Å²) in [6.45, 7) is 4.99. The molecule has 0 fully saturated rings. The number of aromatic nitrogens is 2. The van der Waals surface area contributed by atoms with Crippen LogP contribution in [0.1, 0.15) is 15.6 Å². The number of nitrogen functional groups attached to an aromatic ring is 1. The molecule has 20 heavy (non-hydrogen) atoms. The minimum absolute atomic E-state index is 0.806. The summed E-state index contributed by atoms with van der Waals surface area (Å²) in [5.41, 5.74) is 9.13. The summed E-state index contributed by atoms with van der Waals surface area (Å²) in [5, 5.41) is 2.40. The second kappa shape index (κ2) is 5.14. The van der Waals surface area contributed by atoms with Gasteiger partial charge in [0.1, 0.15) is 5.01 Å². The molecule has 0 atom stereocenters. The molecule has 0 spiro atoms. The van der Waals surface area contributed by atoms with E-state index in [-0.39, 0.29) is 0 Å². The first-order valence-corrected chi connectivity index (χ1v) is 8.48. The minimum Gasteiger partial charge on any atom is -0.399 e. The van der Waals surface area contributed by atoms with E-state index in [4.69, 9.17) is 5.73 Å². The number of hydrogen-bond donors (Lipinski definition) is 1. The maximum absolute atomic E-state index is 6.01. The maximum Gasteiger partial charge on any atom is 0.113 e. The van der Waals surface area contributed by atoms with Crippen molar-refractivity contribution in [1.82, 2.24) is 9.55 Å². The van der Waals surface area contributed by atoms with Crippen LogP contribution in [0.15, 0.2) is 29.3 Å². The fourth-order valence-corrected chi connectivity index (χ4v) is 3.92. The fourth-order valence-electron chi connectivity index (χ4n) is 2.34. The standard InChI is InChI=1S/C15H17N3S2/c1-9-10(2)20-15(17-9)8-18-5-4-12-13(18)6-11(16)7-14(12)19-3/h4-7H,8,16H2,1-3H3. The normalized spacial score (nSPS) is 11.3. The molecule has 0 saturated carbocycles. The Balaban J connectivity index is 2.06. The zero-order valence-electron chi connectivity index (χ0n) is 11.8. The summed E-state index contributed by atoms with van der Waals surface area (Å²) < 4.78 is 2.23. The van der Waals surface area contributed by atoms with Gasteiger partial charge in [-0.25, -0.2) is 4.98 Å². The van der Waals surface area contributed by atoms with Gasteiger partial charge in [0.25, 0.3) is 0 Å². The van der Waals surface area contributed by atoms with Crippen molar-refractivity contribution in [3.63, 3.8) is 0 Å². The number of hydrogen-bond acceptors (Lipinski definition) is 4. The van der Waals surface area contributed by atoms with Crippen molar-refractivity contribution in [1.29, 1.82) is 0 Å². The van der Waals surface area contributed by atoms with Crippen LogP contribution in [0.2, 0.25) is 0 Å². The quantitative estimate of drug-likeness (QED) is 0.586. The zero-order chi connectivity index (χ0) is 14.3. The van der Waals surface area contributed by atoms with E-state index in [9.17, 15) is 0 Å². The second-order valence-electron chi connectivity index (χ2n) is 4.85. The summed E-state index contributed by atoms with van der Waals surface area (Å²) in [6.07, 6.45) is 4.20. The number of fused-ring (bicyclic) bond motifs is 1. The van der Waals surface area contributed by atoms with Gasteiger partial charge in [-0.2, -0.15) is 0 Å². The number of nitrogens with zero attached hydrogens (tertiary/aromatic N) is 2. The molecular weight excluding hydrogens is 286 g/mol. The van der Waals surface area contributed by atoms with Gasteiger partial charge in [0, 0.05) is 27.0 Å². The average Bonchev–Trinajstić information content (AvgIpc) is 2.94. The Bertz CT molecular complexity index is 751.